The summed E-state index contributed by atoms with van der Waals surface area (Å²) in [7, 11) is 1.34. The Balaban J connectivity index is 2.10. The van der Waals surface area contributed by atoms with Crippen LogP contribution in [-0.4, -0.2) is 25.5 Å². The van der Waals surface area contributed by atoms with Crippen molar-refractivity contribution in [1.29, 1.82) is 0 Å². The van der Waals surface area contributed by atoms with Gasteiger partial charge in [-0.15, -0.1) is 11.3 Å². The monoisotopic (exact) mass is 316 g/mol. The van der Waals surface area contributed by atoms with Crippen LogP contribution in [0.15, 0.2) is 23.6 Å². The molecular formula is C16H16N2O3S. The van der Waals surface area contributed by atoms with Crippen molar-refractivity contribution in [3.63, 3.8) is 0 Å². The first-order valence-electron chi connectivity index (χ1n) is 6.89. The molecule has 3 rings (SSSR count). The van der Waals surface area contributed by atoms with E-state index in [-0.39, 0.29) is 5.91 Å². The van der Waals surface area contributed by atoms with Gasteiger partial charge in [0.25, 0.3) is 0 Å². The molecule has 6 heteroatoms. The number of esters is 1. The fourth-order valence-electron chi connectivity index (χ4n) is 2.77. The van der Waals surface area contributed by atoms with Gasteiger partial charge < -0.3 is 15.4 Å². The molecule has 114 valence electrons. The summed E-state index contributed by atoms with van der Waals surface area (Å²) < 4.78 is 4.81. The molecular weight excluding hydrogens is 300 g/mol. The average Bonchev–Trinajstić information content (AvgIpc) is 3.09. The second-order valence-corrected chi connectivity index (χ2v) is 6.06. The van der Waals surface area contributed by atoms with Crippen molar-refractivity contribution in [2.75, 3.05) is 24.3 Å². The third kappa shape index (κ3) is 2.25. The van der Waals surface area contributed by atoms with Crippen molar-refractivity contribution in [3.8, 4) is 11.1 Å². The van der Waals surface area contributed by atoms with Crippen molar-refractivity contribution in [2.45, 2.75) is 13.3 Å². The van der Waals surface area contributed by atoms with Crippen molar-refractivity contribution in [1.82, 2.24) is 0 Å². The quantitative estimate of drug-likeness (QED) is 0.865. The first kappa shape index (κ1) is 14.6. The zero-order chi connectivity index (χ0) is 15.9. The minimum atomic E-state index is -0.447. The number of nitrogens with two attached hydrogens (primary N) is 1. The van der Waals surface area contributed by atoms with Crippen LogP contribution in [-0.2, 0) is 16.0 Å². The van der Waals surface area contributed by atoms with Crippen molar-refractivity contribution in [3.05, 3.63) is 34.7 Å². The summed E-state index contributed by atoms with van der Waals surface area (Å²) >= 11 is 1.31. The highest BCUT2D eigenvalue weighted by Crippen LogP contribution is 2.38. The lowest BCUT2D eigenvalue weighted by Crippen LogP contribution is -2.25. The third-order valence-corrected chi connectivity index (χ3v) is 4.69. The molecule has 0 saturated heterocycles. The van der Waals surface area contributed by atoms with E-state index in [4.69, 9.17) is 10.5 Å². The highest BCUT2D eigenvalue weighted by atomic mass is 32.1. The molecule has 1 aliphatic rings. The summed E-state index contributed by atoms with van der Waals surface area (Å²) in [6, 6.07) is 5.90. The van der Waals surface area contributed by atoms with E-state index in [0.717, 1.165) is 28.8 Å². The SMILES string of the molecule is COC(=O)c1c(-c2ccc3c(c2)N(C(C)=O)CC3)csc1N. The summed E-state index contributed by atoms with van der Waals surface area (Å²) in [5.41, 5.74) is 9.94. The predicted molar refractivity (Wildman–Crippen MR) is 87.2 cm³/mol. The third-order valence-electron chi connectivity index (χ3n) is 3.88. The number of nitrogen functional groups attached to an aromatic ring is 1. The summed E-state index contributed by atoms with van der Waals surface area (Å²) in [4.78, 5) is 25.4. The minimum Gasteiger partial charge on any atom is -0.465 e. The van der Waals surface area contributed by atoms with Gasteiger partial charge in [0.2, 0.25) is 5.91 Å². The first-order chi connectivity index (χ1) is 10.5. The van der Waals surface area contributed by atoms with E-state index in [1.165, 1.54) is 18.4 Å². The standard InChI is InChI=1S/C16H16N2O3S/c1-9(19)18-6-5-10-3-4-11(7-13(10)18)12-8-22-15(17)14(12)16(20)21-2/h3-4,7-8H,5-6,17H2,1-2H3. The van der Waals surface area contributed by atoms with E-state index in [2.05, 4.69) is 0 Å². The molecule has 2 aromatic rings. The summed E-state index contributed by atoms with van der Waals surface area (Å²) in [6.45, 7) is 2.26. The zero-order valence-electron chi connectivity index (χ0n) is 12.4. The van der Waals surface area contributed by atoms with E-state index in [0.29, 0.717) is 17.1 Å². The molecule has 22 heavy (non-hydrogen) atoms. The number of hydrogen-bond acceptors (Lipinski definition) is 5. The molecule has 0 aliphatic carbocycles. The maximum absolute atomic E-state index is 11.9. The van der Waals surface area contributed by atoms with E-state index >= 15 is 0 Å². The molecule has 5 nitrogen and oxygen atoms in total. The average molecular weight is 316 g/mol. The van der Waals surface area contributed by atoms with E-state index in [1.807, 2.05) is 23.6 Å². The van der Waals surface area contributed by atoms with Gasteiger partial charge in [-0.3, -0.25) is 4.79 Å². The molecule has 1 aromatic heterocycles. The summed E-state index contributed by atoms with van der Waals surface area (Å²) in [5.74, 6) is -0.424. The van der Waals surface area contributed by atoms with Gasteiger partial charge in [-0.05, 0) is 23.6 Å². The van der Waals surface area contributed by atoms with E-state index < -0.39 is 5.97 Å². The number of hydrogen-bond donors (Lipinski definition) is 1. The Hall–Kier alpha value is -2.34. The number of thiophene rings is 1. The molecule has 0 saturated carbocycles. The largest absolute Gasteiger partial charge is 0.465 e. The number of nitrogens with zero attached hydrogens (tertiary/aromatic N) is 1. The van der Waals surface area contributed by atoms with Gasteiger partial charge in [-0.1, -0.05) is 12.1 Å². The van der Waals surface area contributed by atoms with Gasteiger partial charge in [0.1, 0.15) is 10.6 Å². The Bertz CT molecular complexity index is 767. The molecule has 2 heterocycles. The lowest BCUT2D eigenvalue weighted by molar-refractivity contribution is -0.116. The number of ether oxygens (including phenoxy) is 1. The highest BCUT2D eigenvalue weighted by molar-refractivity contribution is 7.14. The van der Waals surface area contributed by atoms with Crippen LogP contribution >= 0.6 is 11.3 Å². The number of fused-ring (bicyclic) bond motifs is 1. The van der Waals surface area contributed by atoms with Gasteiger partial charge in [-0.2, -0.15) is 0 Å². The smallest absolute Gasteiger partial charge is 0.341 e. The van der Waals surface area contributed by atoms with Crippen LogP contribution in [0.5, 0.6) is 0 Å². The maximum Gasteiger partial charge on any atom is 0.341 e. The van der Waals surface area contributed by atoms with Crippen LogP contribution < -0.4 is 10.6 Å². The Morgan fingerprint density at radius 1 is 1.36 bits per heavy atom. The second kappa shape index (κ2) is 5.46. The van der Waals surface area contributed by atoms with Crippen molar-refractivity contribution in [2.24, 2.45) is 0 Å². The lowest BCUT2D eigenvalue weighted by atomic mass is 10.0. The van der Waals surface area contributed by atoms with E-state index in [1.54, 1.807) is 11.8 Å². The fourth-order valence-corrected chi connectivity index (χ4v) is 3.58. The molecule has 1 aliphatic heterocycles. The van der Waals surface area contributed by atoms with Crippen LogP contribution in [0.4, 0.5) is 10.7 Å². The lowest BCUT2D eigenvalue weighted by Gasteiger charge is -2.15. The summed E-state index contributed by atoms with van der Waals surface area (Å²) in [5, 5.41) is 2.28. The molecule has 0 atom stereocenters. The Morgan fingerprint density at radius 3 is 2.82 bits per heavy atom. The van der Waals surface area contributed by atoms with Gasteiger partial charge >= 0.3 is 5.97 Å². The van der Waals surface area contributed by atoms with Gasteiger partial charge in [0.15, 0.2) is 0 Å². The molecule has 0 fully saturated rings. The minimum absolute atomic E-state index is 0.0222. The fraction of sp³-hybridized carbons (Fsp3) is 0.250. The van der Waals surface area contributed by atoms with Crippen molar-refractivity contribution >= 4 is 33.9 Å². The van der Waals surface area contributed by atoms with Crippen LogP contribution in [0.2, 0.25) is 0 Å². The number of anilines is 2. The van der Waals surface area contributed by atoms with Gasteiger partial charge in [-0.25, -0.2) is 4.79 Å². The van der Waals surface area contributed by atoms with Gasteiger partial charge in [0.05, 0.1) is 7.11 Å². The highest BCUT2D eigenvalue weighted by Gasteiger charge is 2.24. The number of methoxy groups -OCH3 is 1. The predicted octanol–water partition coefficient (Wildman–Crippen LogP) is 2.69. The maximum atomic E-state index is 11.9. The first-order valence-corrected chi connectivity index (χ1v) is 7.77. The molecule has 0 unspecified atom stereocenters. The number of rotatable bonds is 2. The Labute approximate surface area is 132 Å². The molecule has 0 radical (unpaired) electrons. The Morgan fingerprint density at radius 2 is 2.14 bits per heavy atom. The summed E-state index contributed by atoms with van der Waals surface area (Å²) in [6.07, 6.45) is 0.852. The second-order valence-electron chi connectivity index (χ2n) is 5.14. The number of benzene rings is 1. The number of amides is 1. The molecule has 0 spiro atoms. The molecule has 2 N–H and O–H groups in total. The normalized spacial score (nSPS) is 13.1. The zero-order valence-corrected chi connectivity index (χ0v) is 13.2. The van der Waals surface area contributed by atoms with E-state index in [9.17, 15) is 9.59 Å². The molecule has 0 bridgehead atoms. The molecule has 1 aromatic carbocycles. The van der Waals surface area contributed by atoms with Crippen LogP contribution in [0.25, 0.3) is 11.1 Å². The Kier molecular flexibility index (Phi) is 3.62. The topological polar surface area (TPSA) is 72.6 Å². The van der Waals surface area contributed by atoms with Crippen LogP contribution in [0.1, 0.15) is 22.8 Å². The van der Waals surface area contributed by atoms with Gasteiger partial charge in [0, 0.05) is 30.1 Å². The van der Waals surface area contributed by atoms with Crippen LogP contribution in [0.3, 0.4) is 0 Å². The van der Waals surface area contributed by atoms with Crippen LogP contribution in [0, 0.1) is 0 Å². The number of carbonyl (C=O) groups excluding carboxylic acids is 2. The molecule has 1 amide bonds. The number of carbonyl (C=O) groups is 2. The van der Waals surface area contributed by atoms with Crippen molar-refractivity contribution < 1.29 is 14.3 Å².